The van der Waals surface area contributed by atoms with E-state index in [0.29, 0.717) is 11.5 Å². The Balaban J connectivity index is 2.31. The second-order valence-corrected chi connectivity index (χ2v) is 5.17. The Bertz CT molecular complexity index is 376. The minimum atomic E-state index is -0.526. The van der Waals surface area contributed by atoms with Crippen LogP contribution in [-0.4, -0.2) is 18.2 Å². The molecule has 2 nitrogen and oxygen atoms in total. The molecule has 0 aliphatic carbocycles. The van der Waals surface area contributed by atoms with Crippen molar-refractivity contribution in [2.75, 3.05) is 13.1 Å². The molecule has 1 unspecified atom stereocenters. The van der Waals surface area contributed by atoms with E-state index in [2.05, 4.69) is 21.2 Å². The zero-order chi connectivity index (χ0) is 11.7. The third kappa shape index (κ3) is 2.23. The highest BCUT2D eigenvalue weighted by atomic mass is 79.9. The molecule has 0 aromatic heterocycles. The Morgan fingerprint density at radius 2 is 2.38 bits per heavy atom. The summed E-state index contributed by atoms with van der Waals surface area (Å²) in [6.45, 7) is 3.79. The average molecular weight is 288 g/mol. The van der Waals surface area contributed by atoms with Crippen LogP contribution in [0.5, 0.6) is 5.75 Å². The summed E-state index contributed by atoms with van der Waals surface area (Å²) < 4.78 is 14.2. The van der Waals surface area contributed by atoms with Gasteiger partial charge in [-0.05, 0) is 50.4 Å². The Hall–Kier alpha value is -0.610. The van der Waals surface area contributed by atoms with E-state index in [9.17, 15) is 9.50 Å². The van der Waals surface area contributed by atoms with E-state index >= 15 is 0 Å². The van der Waals surface area contributed by atoms with Gasteiger partial charge in [0, 0.05) is 10.0 Å². The summed E-state index contributed by atoms with van der Waals surface area (Å²) in [5.41, 5.74) is 1.53. The van der Waals surface area contributed by atoms with Gasteiger partial charge in [0.1, 0.15) is 0 Å². The molecule has 1 saturated heterocycles. The van der Waals surface area contributed by atoms with Crippen molar-refractivity contribution >= 4 is 15.9 Å². The van der Waals surface area contributed by atoms with Crippen molar-refractivity contribution in [3.63, 3.8) is 0 Å². The van der Waals surface area contributed by atoms with Crippen molar-refractivity contribution in [3.05, 3.63) is 27.5 Å². The standard InChI is InChI=1S/C12H15BrFNO/c1-7-4-10(14)12(16)9(11(7)13)5-8-2-3-15-6-8/h4,8,15-16H,2-3,5-6H2,1H3. The Kier molecular flexibility index (Phi) is 3.50. The van der Waals surface area contributed by atoms with Crippen molar-refractivity contribution in [3.8, 4) is 5.75 Å². The van der Waals surface area contributed by atoms with Crippen molar-refractivity contribution in [1.29, 1.82) is 0 Å². The molecule has 1 aliphatic rings. The first kappa shape index (κ1) is 11.9. The van der Waals surface area contributed by atoms with Gasteiger partial charge in [-0.15, -0.1) is 0 Å². The van der Waals surface area contributed by atoms with Gasteiger partial charge in [-0.3, -0.25) is 0 Å². The van der Waals surface area contributed by atoms with Gasteiger partial charge in [0.25, 0.3) is 0 Å². The van der Waals surface area contributed by atoms with E-state index in [4.69, 9.17) is 0 Å². The Morgan fingerprint density at radius 3 is 3.00 bits per heavy atom. The highest BCUT2D eigenvalue weighted by Crippen LogP contribution is 2.34. The summed E-state index contributed by atoms with van der Waals surface area (Å²) in [5.74, 6) is -0.241. The summed E-state index contributed by atoms with van der Waals surface area (Å²) in [6.07, 6.45) is 1.81. The van der Waals surface area contributed by atoms with Crippen molar-refractivity contribution in [2.24, 2.45) is 5.92 Å². The molecule has 1 aliphatic heterocycles. The molecule has 88 valence electrons. The molecule has 1 heterocycles. The summed E-state index contributed by atoms with van der Waals surface area (Å²) >= 11 is 3.43. The third-order valence-corrected chi connectivity index (χ3v) is 4.23. The zero-order valence-corrected chi connectivity index (χ0v) is 10.8. The lowest BCUT2D eigenvalue weighted by molar-refractivity contribution is 0.418. The average Bonchev–Trinajstić information content (AvgIpc) is 2.74. The number of aromatic hydroxyl groups is 1. The van der Waals surface area contributed by atoms with E-state index in [1.807, 2.05) is 6.92 Å². The van der Waals surface area contributed by atoms with Crippen LogP contribution in [0.2, 0.25) is 0 Å². The molecule has 0 bridgehead atoms. The first-order valence-corrected chi connectivity index (χ1v) is 6.26. The SMILES string of the molecule is Cc1cc(F)c(O)c(CC2CCNC2)c1Br. The van der Waals surface area contributed by atoms with Gasteiger partial charge in [-0.2, -0.15) is 0 Å². The number of aryl methyl sites for hydroxylation is 1. The fourth-order valence-corrected chi connectivity index (χ4v) is 2.64. The van der Waals surface area contributed by atoms with Crippen LogP contribution in [0, 0.1) is 18.7 Å². The van der Waals surface area contributed by atoms with Crippen molar-refractivity contribution in [1.82, 2.24) is 5.32 Å². The number of nitrogens with one attached hydrogen (secondary N) is 1. The summed E-state index contributed by atoms with van der Waals surface area (Å²) in [6, 6.07) is 1.36. The number of halogens is 2. The number of benzene rings is 1. The van der Waals surface area contributed by atoms with E-state index in [1.54, 1.807) is 0 Å². The van der Waals surface area contributed by atoms with Crippen LogP contribution in [-0.2, 0) is 6.42 Å². The lowest BCUT2D eigenvalue weighted by Crippen LogP contribution is -2.11. The smallest absolute Gasteiger partial charge is 0.165 e. The molecule has 1 atom stereocenters. The Labute approximate surface area is 103 Å². The van der Waals surface area contributed by atoms with E-state index in [1.165, 1.54) is 6.07 Å². The predicted molar refractivity (Wildman–Crippen MR) is 65.2 cm³/mol. The van der Waals surface area contributed by atoms with Gasteiger partial charge in [-0.1, -0.05) is 15.9 Å². The molecule has 1 aromatic rings. The first-order valence-electron chi connectivity index (χ1n) is 5.46. The minimum Gasteiger partial charge on any atom is -0.505 e. The molecule has 0 saturated carbocycles. The van der Waals surface area contributed by atoms with Crippen LogP contribution >= 0.6 is 15.9 Å². The van der Waals surface area contributed by atoms with Crippen molar-refractivity contribution in [2.45, 2.75) is 19.8 Å². The largest absolute Gasteiger partial charge is 0.505 e. The molecule has 0 spiro atoms. The zero-order valence-electron chi connectivity index (χ0n) is 9.19. The molecular formula is C12H15BrFNO. The molecule has 1 aromatic carbocycles. The number of rotatable bonds is 2. The molecule has 4 heteroatoms. The van der Waals surface area contributed by atoms with E-state index in [0.717, 1.165) is 36.0 Å². The maximum absolute atomic E-state index is 13.4. The maximum Gasteiger partial charge on any atom is 0.165 e. The lowest BCUT2D eigenvalue weighted by Gasteiger charge is -2.14. The van der Waals surface area contributed by atoms with Crippen LogP contribution in [0.15, 0.2) is 10.5 Å². The fourth-order valence-electron chi connectivity index (χ4n) is 2.17. The molecule has 2 rings (SSSR count). The second kappa shape index (κ2) is 4.72. The molecule has 0 radical (unpaired) electrons. The van der Waals surface area contributed by atoms with Crippen LogP contribution in [0.3, 0.4) is 0 Å². The minimum absolute atomic E-state index is 0.204. The van der Waals surface area contributed by atoms with E-state index < -0.39 is 5.82 Å². The highest BCUT2D eigenvalue weighted by Gasteiger charge is 2.21. The van der Waals surface area contributed by atoms with Crippen LogP contribution in [0.1, 0.15) is 17.5 Å². The number of phenols is 1. The molecule has 1 fully saturated rings. The fraction of sp³-hybridized carbons (Fsp3) is 0.500. The monoisotopic (exact) mass is 287 g/mol. The van der Waals surface area contributed by atoms with Crippen LogP contribution in [0.25, 0.3) is 0 Å². The van der Waals surface area contributed by atoms with E-state index in [-0.39, 0.29) is 5.75 Å². The highest BCUT2D eigenvalue weighted by molar-refractivity contribution is 9.10. The normalized spacial score (nSPS) is 20.3. The molecule has 16 heavy (non-hydrogen) atoms. The van der Waals surface area contributed by atoms with Gasteiger partial charge in [-0.25, -0.2) is 4.39 Å². The number of phenolic OH excluding ortho intramolecular Hbond substituents is 1. The first-order chi connectivity index (χ1) is 7.59. The number of hydrogen-bond acceptors (Lipinski definition) is 2. The van der Waals surface area contributed by atoms with Gasteiger partial charge in [0.2, 0.25) is 0 Å². The van der Waals surface area contributed by atoms with Crippen LogP contribution in [0.4, 0.5) is 4.39 Å². The topological polar surface area (TPSA) is 32.3 Å². The maximum atomic E-state index is 13.4. The van der Waals surface area contributed by atoms with Gasteiger partial charge < -0.3 is 10.4 Å². The van der Waals surface area contributed by atoms with Gasteiger partial charge >= 0.3 is 0 Å². The molecular weight excluding hydrogens is 273 g/mol. The van der Waals surface area contributed by atoms with Gasteiger partial charge in [0.05, 0.1) is 0 Å². The van der Waals surface area contributed by atoms with Gasteiger partial charge in [0.15, 0.2) is 11.6 Å². The number of hydrogen-bond donors (Lipinski definition) is 2. The summed E-state index contributed by atoms with van der Waals surface area (Å²) in [4.78, 5) is 0. The Morgan fingerprint density at radius 1 is 1.62 bits per heavy atom. The summed E-state index contributed by atoms with van der Waals surface area (Å²) in [7, 11) is 0. The predicted octanol–water partition coefficient (Wildman–Crippen LogP) is 2.75. The lowest BCUT2D eigenvalue weighted by atomic mass is 9.96. The second-order valence-electron chi connectivity index (χ2n) is 4.38. The summed E-state index contributed by atoms with van der Waals surface area (Å²) in [5, 5.41) is 13.0. The third-order valence-electron chi connectivity index (χ3n) is 3.12. The molecule has 0 amide bonds. The van der Waals surface area contributed by atoms with Crippen molar-refractivity contribution < 1.29 is 9.50 Å². The van der Waals surface area contributed by atoms with Crippen LogP contribution < -0.4 is 5.32 Å². The molecule has 2 N–H and O–H groups in total. The quantitative estimate of drug-likeness (QED) is 0.877.